The number of rotatable bonds is 3. The Kier molecular flexibility index (Phi) is 4.54. The zero-order valence-corrected chi connectivity index (χ0v) is 11.6. The second-order valence-corrected chi connectivity index (χ2v) is 5.50. The van der Waals surface area contributed by atoms with Crippen molar-refractivity contribution in [2.75, 3.05) is 6.54 Å². The zero-order valence-electron chi connectivity index (χ0n) is 10.0. The minimum atomic E-state index is -0.265. The Balaban J connectivity index is 2.15. The van der Waals surface area contributed by atoms with Crippen molar-refractivity contribution in [3.63, 3.8) is 0 Å². The fourth-order valence-corrected chi connectivity index (χ4v) is 2.83. The molecule has 0 spiro atoms. The van der Waals surface area contributed by atoms with Crippen LogP contribution >= 0.6 is 23.8 Å². The Morgan fingerprint density at radius 3 is 3.00 bits per heavy atom. The van der Waals surface area contributed by atoms with Crippen molar-refractivity contribution in [2.24, 2.45) is 5.73 Å². The molecule has 98 valence electrons. The highest BCUT2D eigenvalue weighted by Gasteiger charge is 2.25. The molecule has 5 heteroatoms. The number of benzene rings is 1. The zero-order chi connectivity index (χ0) is 13.1. The first-order valence-corrected chi connectivity index (χ1v) is 6.84. The average Bonchev–Trinajstić information content (AvgIpc) is 2.34. The Hall–Kier alpha value is -0.710. The monoisotopic (exact) mass is 286 g/mol. The molecule has 1 aromatic rings. The van der Waals surface area contributed by atoms with Crippen LogP contribution in [0.3, 0.4) is 0 Å². The molecule has 2 N–H and O–H groups in total. The van der Waals surface area contributed by atoms with Crippen LogP contribution in [0.25, 0.3) is 0 Å². The minimum absolute atomic E-state index is 0.105. The van der Waals surface area contributed by atoms with Crippen LogP contribution in [0.5, 0.6) is 0 Å². The SMILES string of the molecule is NC(=S)C1CCCCN1Cc1cc(F)ccc1Cl. The van der Waals surface area contributed by atoms with Gasteiger partial charge in [-0.1, -0.05) is 30.2 Å². The molecule has 0 aliphatic carbocycles. The molecule has 1 aliphatic rings. The highest BCUT2D eigenvalue weighted by molar-refractivity contribution is 7.80. The summed E-state index contributed by atoms with van der Waals surface area (Å²) in [5.41, 5.74) is 6.55. The summed E-state index contributed by atoms with van der Waals surface area (Å²) in [6.45, 7) is 1.52. The number of halogens is 2. The lowest BCUT2D eigenvalue weighted by Gasteiger charge is -2.35. The van der Waals surface area contributed by atoms with E-state index in [1.54, 1.807) is 6.07 Å². The third-order valence-corrected chi connectivity index (χ3v) is 3.96. The molecule has 0 radical (unpaired) electrons. The second-order valence-electron chi connectivity index (χ2n) is 4.62. The topological polar surface area (TPSA) is 29.3 Å². The normalized spacial score (nSPS) is 20.9. The van der Waals surface area contributed by atoms with E-state index in [9.17, 15) is 4.39 Å². The highest BCUT2D eigenvalue weighted by Crippen LogP contribution is 2.24. The van der Waals surface area contributed by atoms with Crippen molar-refractivity contribution < 1.29 is 4.39 Å². The van der Waals surface area contributed by atoms with Crippen LogP contribution in [-0.4, -0.2) is 22.5 Å². The number of hydrogen-bond acceptors (Lipinski definition) is 2. The van der Waals surface area contributed by atoms with E-state index in [1.165, 1.54) is 12.1 Å². The first-order chi connectivity index (χ1) is 8.58. The third-order valence-electron chi connectivity index (χ3n) is 3.32. The van der Waals surface area contributed by atoms with Gasteiger partial charge in [-0.25, -0.2) is 4.39 Å². The maximum Gasteiger partial charge on any atom is 0.123 e. The van der Waals surface area contributed by atoms with Crippen molar-refractivity contribution in [3.05, 3.63) is 34.6 Å². The van der Waals surface area contributed by atoms with E-state index in [-0.39, 0.29) is 11.9 Å². The van der Waals surface area contributed by atoms with Gasteiger partial charge in [0.1, 0.15) is 5.82 Å². The summed E-state index contributed by atoms with van der Waals surface area (Å²) in [4.78, 5) is 2.70. The van der Waals surface area contributed by atoms with Gasteiger partial charge >= 0.3 is 0 Å². The summed E-state index contributed by atoms with van der Waals surface area (Å²) in [6.07, 6.45) is 3.23. The number of hydrogen-bond donors (Lipinski definition) is 1. The smallest absolute Gasteiger partial charge is 0.123 e. The summed E-state index contributed by atoms with van der Waals surface area (Å²) in [5.74, 6) is -0.265. The van der Waals surface area contributed by atoms with Gasteiger partial charge in [0.25, 0.3) is 0 Å². The summed E-state index contributed by atoms with van der Waals surface area (Å²) in [6, 6.07) is 4.54. The lowest BCUT2D eigenvalue weighted by molar-refractivity contribution is 0.184. The van der Waals surface area contributed by atoms with Crippen molar-refractivity contribution in [1.82, 2.24) is 4.90 Å². The van der Waals surface area contributed by atoms with E-state index in [4.69, 9.17) is 29.6 Å². The molecule has 1 unspecified atom stereocenters. The average molecular weight is 287 g/mol. The van der Waals surface area contributed by atoms with E-state index in [1.807, 2.05) is 0 Å². The lowest BCUT2D eigenvalue weighted by Crippen LogP contribution is -2.46. The molecule has 0 amide bonds. The molecule has 0 bridgehead atoms. The van der Waals surface area contributed by atoms with Gasteiger partial charge in [-0.3, -0.25) is 4.90 Å². The van der Waals surface area contributed by atoms with Gasteiger partial charge in [0, 0.05) is 11.6 Å². The van der Waals surface area contributed by atoms with E-state index in [0.717, 1.165) is 31.4 Å². The molecule has 2 rings (SSSR count). The number of piperidine rings is 1. The summed E-state index contributed by atoms with van der Waals surface area (Å²) < 4.78 is 13.2. The molecule has 1 fully saturated rings. The van der Waals surface area contributed by atoms with Gasteiger partial charge in [-0.05, 0) is 43.1 Å². The predicted octanol–water partition coefficient (Wildman–Crippen LogP) is 3.12. The van der Waals surface area contributed by atoms with Crippen LogP contribution in [0, 0.1) is 5.82 Å². The molecule has 1 heterocycles. The fourth-order valence-electron chi connectivity index (χ4n) is 2.39. The Morgan fingerprint density at radius 2 is 2.28 bits per heavy atom. The third kappa shape index (κ3) is 3.19. The summed E-state index contributed by atoms with van der Waals surface area (Å²) >= 11 is 11.2. The van der Waals surface area contributed by atoms with E-state index in [2.05, 4.69) is 4.90 Å². The summed E-state index contributed by atoms with van der Waals surface area (Å²) in [7, 11) is 0. The summed E-state index contributed by atoms with van der Waals surface area (Å²) in [5, 5.41) is 0.587. The van der Waals surface area contributed by atoms with Crippen LogP contribution in [-0.2, 0) is 6.54 Å². The molecule has 1 saturated heterocycles. The number of nitrogens with zero attached hydrogens (tertiary/aromatic N) is 1. The maximum absolute atomic E-state index is 13.2. The second kappa shape index (κ2) is 5.95. The molecule has 1 aromatic carbocycles. The number of likely N-dealkylation sites (tertiary alicyclic amines) is 1. The minimum Gasteiger partial charge on any atom is -0.392 e. The van der Waals surface area contributed by atoms with Gasteiger partial charge in [0.05, 0.1) is 11.0 Å². The quantitative estimate of drug-likeness (QED) is 0.866. The fraction of sp³-hybridized carbons (Fsp3) is 0.462. The van der Waals surface area contributed by atoms with Gasteiger partial charge in [-0.2, -0.15) is 0 Å². The predicted molar refractivity (Wildman–Crippen MR) is 76.2 cm³/mol. The van der Waals surface area contributed by atoms with Crippen molar-refractivity contribution in [1.29, 1.82) is 0 Å². The van der Waals surface area contributed by atoms with E-state index in [0.29, 0.717) is 16.6 Å². The Bertz CT molecular complexity index is 453. The first-order valence-electron chi connectivity index (χ1n) is 6.05. The van der Waals surface area contributed by atoms with Gasteiger partial charge in [-0.15, -0.1) is 0 Å². The molecule has 2 nitrogen and oxygen atoms in total. The molecular formula is C13H16ClFN2S. The van der Waals surface area contributed by atoms with Crippen molar-refractivity contribution >= 4 is 28.8 Å². The Morgan fingerprint density at radius 1 is 1.50 bits per heavy atom. The first kappa shape index (κ1) is 13.7. The van der Waals surface area contributed by atoms with Crippen molar-refractivity contribution in [2.45, 2.75) is 31.8 Å². The van der Waals surface area contributed by atoms with E-state index < -0.39 is 0 Å². The van der Waals surface area contributed by atoms with Crippen LogP contribution < -0.4 is 5.73 Å². The van der Waals surface area contributed by atoms with E-state index >= 15 is 0 Å². The van der Waals surface area contributed by atoms with Gasteiger partial charge in [0.2, 0.25) is 0 Å². The molecule has 0 saturated carbocycles. The number of nitrogens with two attached hydrogens (primary N) is 1. The highest BCUT2D eigenvalue weighted by atomic mass is 35.5. The van der Waals surface area contributed by atoms with Gasteiger partial charge < -0.3 is 5.73 Å². The van der Waals surface area contributed by atoms with Gasteiger partial charge in [0.15, 0.2) is 0 Å². The van der Waals surface area contributed by atoms with Crippen LogP contribution in [0.2, 0.25) is 5.02 Å². The number of thiocarbonyl (C=S) groups is 1. The maximum atomic E-state index is 13.2. The lowest BCUT2D eigenvalue weighted by atomic mass is 10.0. The molecular weight excluding hydrogens is 271 g/mol. The Labute approximate surface area is 117 Å². The van der Waals surface area contributed by atoms with Crippen LogP contribution in [0.15, 0.2) is 18.2 Å². The molecule has 18 heavy (non-hydrogen) atoms. The molecule has 1 aliphatic heterocycles. The van der Waals surface area contributed by atoms with Crippen molar-refractivity contribution in [3.8, 4) is 0 Å². The largest absolute Gasteiger partial charge is 0.392 e. The van der Waals surface area contributed by atoms with Crippen LogP contribution in [0.4, 0.5) is 4.39 Å². The molecule has 0 aromatic heterocycles. The van der Waals surface area contributed by atoms with Crippen LogP contribution in [0.1, 0.15) is 24.8 Å². The molecule has 1 atom stereocenters. The standard InChI is InChI=1S/C13H16ClFN2S/c14-11-5-4-10(15)7-9(11)8-17-6-2-1-3-12(17)13(16)18/h4-5,7,12H,1-3,6,8H2,(H2,16,18).